The first-order valence-corrected chi connectivity index (χ1v) is 5.31. The summed E-state index contributed by atoms with van der Waals surface area (Å²) in [5.74, 6) is 1.45. The van der Waals surface area contributed by atoms with E-state index in [1.165, 1.54) is 0 Å². The van der Waals surface area contributed by atoms with Gasteiger partial charge in [0.2, 0.25) is 0 Å². The Morgan fingerprint density at radius 2 is 2.27 bits per heavy atom. The predicted octanol–water partition coefficient (Wildman–Crippen LogP) is 1.82. The van der Waals surface area contributed by atoms with Crippen LogP contribution in [0.15, 0.2) is 0 Å². The van der Waals surface area contributed by atoms with Gasteiger partial charge in [-0.15, -0.1) is 11.6 Å². The summed E-state index contributed by atoms with van der Waals surface area (Å²) in [4.78, 5) is 2.01. The topological polar surface area (TPSA) is 44.9 Å². The molecule has 1 aromatic rings. The average molecular weight is 227 g/mol. The zero-order valence-corrected chi connectivity index (χ0v) is 10.0. The van der Waals surface area contributed by atoms with Gasteiger partial charge in [-0.1, -0.05) is 0 Å². The van der Waals surface area contributed by atoms with Crippen LogP contribution in [0.25, 0.3) is 0 Å². The number of halogens is 1. The van der Waals surface area contributed by atoms with E-state index in [9.17, 15) is 0 Å². The van der Waals surface area contributed by atoms with E-state index >= 15 is 0 Å². The number of hydrogen-bond acceptors (Lipinski definition) is 3. The quantitative estimate of drug-likeness (QED) is 0.736. The lowest BCUT2D eigenvalue weighted by molar-refractivity contribution is 0.727. The summed E-state index contributed by atoms with van der Waals surface area (Å²) in [6.45, 7) is 2.64. The zero-order chi connectivity index (χ0) is 11.4. The van der Waals surface area contributed by atoms with Crippen LogP contribution in [0.3, 0.4) is 0 Å². The van der Waals surface area contributed by atoms with Crippen molar-refractivity contribution >= 4 is 17.4 Å². The van der Waals surface area contributed by atoms with E-state index in [1.54, 1.807) is 0 Å². The molecule has 0 saturated carbocycles. The lowest BCUT2D eigenvalue weighted by Gasteiger charge is -2.19. The highest BCUT2D eigenvalue weighted by atomic mass is 35.5. The van der Waals surface area contributed by atoms with Crippen molar-refractivity contribution in [2.24, 2.45) is 7.05 Å². The minimum Gasteiger partial charge on any atom is -0.359 e. The van der Waals surface area contributed by atoms with Gasteiger partial charge in [-0.05, 0) is 6.92 Å². The molecule has 0 saturated heterocycles. The highest BCUT2D eigenvalue weighted by Gasteiger charge is 2.15. The van der Waals surface area contributed by atoms with Gasteiger partial charge >= 0.3 is 0 Å². The van der Waals surface area contributed by atoms with Gasteiger partial charge in [0.1, 0.15) is 5.82 Å². The molecule has 82 valence electrons. The van der Waals surface area contributed by atoms with Crippen LogP contribution in [0.4, 0.5) is 5.82 Å². The molecular weight excluding hydrogens is 212 g/mol. The average Bonchev–Trinajstić information content (AvgIpc) is 2.49. The standard InChI is InChI=1S/C10H15ClN4/c1-8-9(7-11)10(15(3)13-8)14(2)6-4-5-12/h4,6-7H2,1-3H3. The van der Waals surface area contributed by atoms with Crippen molar-refractivity contribution in [1.29, 1.82) is 5.26 Å². The molecular formula is C10H15ClN4. The van der Waals surface area contributed by atoms with Crippen LogP contribution in [-0.2, 0) is 12.9 Å². The largest absolute Gasteiger partial charge is 0.359 e. The van der Waals surface area contributed by atoms with Crippen LogP contribution in [-0.4, -0.2) is 23.4 Å². The van der Waals surface area contributed by atoms with E-state index < -0.39 is 0 Å². The normalized spacial score (nSPS) is 10.1. The summed E-state index contributed by atoms with van der Waals surface area (Å²) in [5, 5.41) is 12.9. The van der Waals surface area contributed by atoms with Crippen molar-refractivity contribution in [1.82, 2.24) is 9.78 Å². The number of aryl methyl sites for hydroxylation is 2. The molecule has 0 aromatic carbocycles. The van der Waals surface area contributed by atoms with Gasteiger partial charge in [0.05, 0.1) is 24.1 Å². The summed E-state index contributed by atoms with van der Waals surface area (Å²) in [6, 6.07) is 2.13. The highest BCUT2D eigenvalue weighted by Crippen LogP contribution is 2.23. The zero-order valence-electron chi connectivity index (χ0n) is 9.29. The predicted molar refractivity (Wildman–Crippen MR) is 61.0 cm³/mol. The van der Waals surface area contributed by atoms with Crippen molar-refractivity contribution in [2.75, 3.05) is 18.5 Å². The molecule has 0 bridgehead atoms. The molecule has 0 aliphatic heterocycles. The van der Waals surface area contributed by atoms with E-state index in [-0.39, 0.29) is 0 Å². The summed E-state index contributed by atoms with van der Waals surface area (Å²) >= 11 is 5.88. The van der Waals surface area contributed by atoms with Crippen LogP contribution in [0.1, 0.15) is 17.7 Å². The van der Waals surface area contributed by atoms with Crippen LogP contribution in [0, 0.1) is 18.3 Å². The summed E-state index contributed by atoms with van der Waals surface area (Å²) in [6.07, 6.45) is 0.502. The molecule has 15 heavy (non-hydrogen) atoms. The third-order valence-corrected chi connectivity index (χ3v) is 2.63. The van der Waals surface area contributed by atoms with E-state index in [1.807, 2.05) is 30.6 Å². The first kappa shape index (κ1) is 11.9. The first-order chi connectivity index (χ1) is 7.11. The van der Waals surface area contributed by atoms with Crippen molar-refractivity contribution in [3.05, 3.63) is 11.3 Å². The molecule has 0 aliphatic rings. The van der Waals surface area contributed by atoms with E-state index in [2.05, 4.69) is 11.2 Å². The number of nitrogens with zero attached hydrogens (tertiary/aromatic N) is 4. The number of aromatic nitrogens is 2. The highest BCUT2D eigenvalue weighted by molar-refractivity contribution is 6.17. The molecule has 0 radical (unpaired) electrons. The van der Waals surface area contributed by atoms with Gasteiger partial charge in [0.25, 0.3) is 0 Å². The van der Waals surface area contributed by atoms with Gasteiger partial charge in [0.15, 0.2) is 0 Å². The number of anilines is 1. The fourth-order valence-corrected chi connectivity index (χ4v) is 1.96. The van der Waals surface area contributed by atoms with Crippen LogP contribution in [0.2, 0.25) is 0 Å². The van der Waals surface area contributed by atoms with Gasteiger partial charge in [-0.3, -0.25) is 4.68 Å². The van der Waals surface area contributed by atoms with Crippen LogP contribution < -0.4 is 4.90 Å². The van der Waals surface area contributed by atoms with Crippen LogP contribution in [0.5, 0.6) is 0 Å². The summed E-state index contributed by atoms with van der Waals surface area (Å²) in [7, 11) is 3.84. The van der Waals surface area contributed by atoms with Crippen molar-refractivity contribution < 1.29 is 0 Å². The Labute approximate surface area is 95.0 Å². The Balaban J connectivity index is 2.97. The third kappa shape index (κ3) is 2.42. The second kappa shape index (κ2) is 5.04. The maximum absolute atomic E-state index is 8.54. The van der Waals surface area contributed by atoms with Gasteiger partial charge < -0.3 is 4.90 Å². The van der Waals surface area contributed by atoms with E-state index in [0.29, 0.717) is 18.8 Å². The molecule has 0 spiro atoms. The number of rotatable bonds is 4. The fourth-order valence-electron chi connectivity index (χ4n) is 1.65. The molecule has 0 atom stereocenters. The van der Waals surface area contributed by atoms with Crippen molar-refractivity contribution in [3.8, 4) is 6.07 Å². The smallest absolute Gasteiger partial charge is 0.131 e. The number of alkyl halides is 1. The lowest BCUT2D eigenvalue weighted by atomic mass is 10.2. The molecule has 0 fully saturated rings. The Bertz CT molecular complexity index is 378. The minimum absolute atomic E-state index is 0.450. The molecule has 5 heteroatoms. The second-order valence-corrected chi connectivity index (χ2v) is 3.74. The van der Waals surface area contributed by atoms with E-state index in [0.717, 1.165) is 17.1 Å². The molecule has 0 amide bonds. The van der Waals surface area contributed by atoms with E-state index in [4.69, 9.17) is 16.9 Å². The third-order valence-electron chi connectivity index (χ3n) is 2.37. The Morgan fingerprint density at radius 3 is 2.80 bits per heavy atom. The SMILES string of the molecule is Cc1nn(C)c(N(C)CCC#N)c1CCl. The minimum atomic E-state index is 0.450. The first-order valence-electron chi connectivity index (χ1n) is 4.78. The summed E-state index contributed by atoms with van der Waals surface area (Å²) in [5.41, 5.74) is 1.99. The molecule has 1 heterocycles. The second-order valence-electron chi connectivity index (χ2n) is 3.47. The van der Waals surface area contributed by atoms with Crippen molar-refractivity contribution in [3.63, 3.8) is 0 Å². The van der Waals surface area contributed by atoms with Gasteiger partial charge in [0, 0.05) is 26.2 Å². The van der Waals surface area contributed by atoms with Gasteiger partial charge in [-0.2, -0.15) is 10.4 Å². The Morgan fingerprint density at radius 1 is 1.60 bits per heavy atom. The lowest BCUT2D eigenvalue weighted by Crippen LogP contribution is -2.22. The molecule has 0 aliphatic carbocycles. The summed E-state index contributed by atoms with van der Waals surface area (Å²) < 4.78 is 1.81. The monoisotopic (exact) mass is 226 g/mol. The molecule has 1 aromatic heterocycles. The number of nitriles is 1. The van der Waals surface area contributed by atoms with Gasteiger partial charge in [-0.25, -0.2) is 0 Å². The van der Waals surface area contributed by atoms with Crippen LogP contribution >= 0.6 is 11.6 Å². The molecule has 1 rings (SSSR count). The Kier molecular flexibility index (Phi) is 3.98. The fraction of sp³-hybridized carbons (Fsp3) is 0.600. The maximum atomic E-state index is 8.54. The maximum Gasteiger partial charge on any atom is 0.131 e. The molecule has 0 N–H and O–H groups in total. The molecule has 0 unspecified atom stereocenters. The number of hydrogen-bond donors (Lipinski definition) is 0. The molecule has 4 nitrogen and oxygen atoms in total. The van der Waals surface area contributed by atoms with Crippen molar-refractivity contribution in [2.45, 2.75) is 19.2 Å². The Hall–Kier alpha value is -1.21.